The fourth-order valence-corrected chi connectivity index (χ4v) is 2.26. The molecule has 1 amide bonds. The van der Waals surface area contributed by atoms with Gasteiger partial charge in [-0.15, -0.1) is 0 Å². The SMILES string of the molecule is COc1ccc(/C=C/C(=O)NC(=S)Nc2cc([N+](=O)[O-])ccc2C)cc1. The lowest BCUT2D eigenvalue weighted by Crippen LogP contribution is -2.33. The number of hydrogen-bond donors (Lipinski definition) is 2. The quantitative estimate of drug-likeness (QED) is 0.362. The van der Waals surface area contributed by atoms with Gasteiger partial charge < -0.3 is 10.1 Å². The van der Waals surface area contributed by atoms with Crippen LogP contribution in [0.1, 0.15) is 11.1 Å². The number of thiocarbonyl (C=S) groups is 1. The smallest absolute Gasteiger partial charge is 0.271 e. The Kier molecular flexibility index (Phi) is 6.40. The molecular weight excluding hydrogens is 354 g/mol. The molecule has 26 heavy (non-hydrogen) atoms. The molecule has 2 aromatic carbocycles. The van der Waals surface area contributed by atoms with Crippen LogP contribution in [0, 0.1) is 17.0 Å². The highest BCUT2D eigenvalue weighted by molar-refractivity contribution is 7.80. The number of ether oxygens (including phenoxy) is 1. The molecule has 0 atom stereocenters. The molecular formula is C18H17N3O4S. The van der Waals surface area contributed by atoms with Crippen LogP contribution < -0.4 is 15.4 Å². The van der Waals surface area contributed by atoms with Crippen LogP contribution >= 0.6 is 12.2 Å². The second-order valence-corrected chi connectivity index (χ2v) is 5.71. The van der Waals surface area contributed by atoms with Crippen LogP contribution in [0.2, 0.25) is 0 Å². The van der Waals surface area contributed by atoms with E-state index in [1.807, 2.05) is 12.1 Å². The third-order valence-corrected chi connectivity index (χ3v) is 3.66. The van der Waals surface area contributed by atoms with Gasteiger partial charge in [-0.1, -0.05) is 18.2 Å². The van der Waals surface area contributed by atoms with Gasteiger partial charge in [0.25, 0.3) is 5.69 Å². The van der Waals surface area contributed by atoms with Gasteiger partial charge in [-0.3, -0.25) is 20.2 Å². The van der Waals surface area contributed by atoms with Gasteiger partial charge in [0.05, 0.1) is 12.0 Å². The summed E-state index contributed by atoms with van der Waals surface area (Å²) in [6, 6.07) is 11.6. The zero-order valence-electron chi connectivity index (χ0n) is 14.2. The van der Waals surface area contributed by atoms with Crippen molar-refractivity contribution in [3.8, 4) is 5.75 Å². The third kappa shape index (κ3) is 5.38. The molecule has 134 valence electrons. The van der Waals surface area contributed by atoms with Crippen molar-refractivity contribution in [1.82, 2.24) is 5.32 Å². The van der Waals surface area contributed by atoms with Gasteiger partial charge in [-0.2, -0.15) is 0 Å². The van der Waals surface area contributed by atoms with Gasteiger partial charge in [0.1, 0.15) is 5.75 Å². The number of nitro benzene ring substituents is 1. The van der Waals surface area contributed by atoms with Gasteiger partial charge in [0.2, 0.25) is 5.91 Å². The lowest BCUT2D eigenvalue weighted by atomic mass is 10.2. The van der Waals surface area contributed by atoms with Crippen LogP contribution in [0.5, 0.6) is 5.75 Å². The van der Waals surface area contributed by atoms with Crippen LogP contribution in [0.4, 0.5) is 11.4 Å². The van der Waals surface area contributed by atoms with Gasteiger partial charge in [0.15, 0.2) is 5.11 Å². The van der Waals surface area contributed by atoms with Crippen LogP contribution in [-0.4, -0.2) is 23.1 Å². The topological polar surface area (TPSA) is 93.5 Å². The number of amides is 1. The van der Waals surface area contributed by atoms with Crippen molar-refractivity contribution < 1.29 is 14.5 Å². The van der Waals surface area contributed by atoms with Crippen molar-refractivity contribution in [2.75, 3.05) is 12.4 Å². The number of aryl methyl sites for hydroxylation is 1. The van der Waals surface area contributed by atoms with Gasteiger partial charge in [-0.25, -0.2) is 0 Å². The molecule has 0 saturated heterocycles. The molecule has 0 radical (unpaired) electrons. The van der Waals surface area contributed by atoms with Crippen LogP contribution in [0.25, 0.3) is 6.08 Å². The van der Waals surface area contributed by atoms with Crippen molar-refractivity contribution in [2.45, 2.75) is 6.92 Å². The maximum absolute atomic E-state index is 11.9. The molecule has 0 aliphatic carbocycles. The van der Waals surface area contributed by atoms with Crippen molar-refractivity contribution in [2.24, 2.45) is 0 Å². The maximum atomic E-state index is 11.9. The largest absolute Gasteiger partial charge is 0.497 e. The Morgan fingerprint density at radius 2 is 1.92 bits per heavy atom. The number of methoxy groups -OCH3 is 1. The number of nitrogens with one attached hydrogen (secondary N) is 2. The highest BCUT2D eigenvalue weighted by Crippen LogP contribution is 2.21. The minimum atomic E-state index is -0.496. The second-order valence-electron chi connectivity index (χ2n) is 5.31. The minimum Gasteiger partial charge on any atom is -0.497 e. The minimum absolute atomic E-state index is 0.0537. The summed E-state index contributed by atoms with van der Waals surface area (Å²) in [6.07, 6.45) is 2.98. The average Bonchev–Trinajstić information content (AvgIpc) is 2.62. The average molecular weight is 371 g/mol. The first-order valence-electron chi connectivity index (χ1n) is 7.58. The number of non-ortho nitro benzene ring substituents is 1. The molecule has 0 fully saturated rings. The zero-order chi connectivity index (χ0) is 19.1. The lowest BCUT2D eigenvalue weighted by Gasteiger charge is -2.10. The summed E-state index contributed by atoms with van der Waals surface area (Å²) in [5.41, 5.74) is 1.99. The summed E-state index contributed by atoms with van der Waals surface area (Å²) >= 11 is 5.08. The van der Waals surface area contributed by atoms with Crippen molar-refractivity contribution in [1.29, 1.82) is 0 Å². The highest BCUT2D eigenvalue weighted by Gasteiger charge is 2.10. The molecule has 0 aliphatic heterocycles. The summed E-state index contributed by atoms with van der Waals surface area (Å²) < 4.78 is 5.07. The summed E-state index contributed by atoms with van der Waals surface area (Å²) in [5.74, 6) is 0.311. The van der Waals surface area contributed by atoms with Crippen LogP contribution in [-0.2, 0) is 4.79 Å². The number of carbonyl (C=O) groups is 1. The Hall–Kier alpha value is -3.26. The number of hydrogen-bond acceptors (Lipinski definition) is 5. The first-order valence-corrected chi connectivity index (χ1v) is 7.99. The lowest BCUT2D eigenvalue weighted by molar-refractivity contribution is -0.384. The predicted octanol–water partition coefficient (Wildman–Crippen LogP) is 3.44. The normalized spacial score (nSPS) is 10.4. The van der Waals surface area contributed by atoms with E-state index in [4.69, 9.17) is 17.0 Å². The Labute approximate surface area is 155 Å². The summed E-state index contributed by atoms with van der Waals surface area (Å²) in [7, 11) is 1.58. The summed E-state index contributed by atoms with van der Waals surface area (Å²) in [5, 5.41) is 16.2. The fourth-order valence-electron chi connectivity index (χ4n) is 2.05. The first-order chi connectivity index (χ1) is 12.4. The number of benzene rings is 2. The monoisotopic (exact) mass is 371 g/mol. The fraction of sp³-hybridized carbons (Fsp3) is 0.111. The molecule has 0 unspecified atom stereocenters. The molecule has 0 aliphatic rings. The standard InChI is InChI=1S/C18H17N3O4S/c1-12-3-7-14(21(23)24)11-16(12)19-18(26)20-17(22)10-6-13-4-8-15(25-2)9-5-13/h3-11H,1-2H3,(H2,19,20,22,26)/b10-6+. The van der Waals surface area contributed by atoms with Crippen LogP contribution in [0.3, 0.4) is 0 Å². The third-order valence-electron chi connectivity index (χ3n) is 3.46. The van der Waals surface area contributed by atoms with E-state index >= 15 is 0 Å². The van der Waals surface area contributed by atoms with E-state index in [-0.39, 0.29) is 10.8 Å². The Balaban J connectivity index is 1.96. The number of nitro groups is 1. The van der Waals surface area contributed by atoms with E-state index in [9.17, 15) is 14.9 Å². The summed E-state index contributed by atoms with van der Waals surface area (Å²) in [4.78, 5) is 22.3. The maximum Gasteiger partial charge on any atom is 0.271 e. The Bertz CT molecular complexity index is 863. The first kappa shape index (κ1) is 19.1. The second kappa shape index (κ2) is 8.72. The molecule has 2 aromatic rings. The molecule has 0 bridgehead atoms. The van der Waals surface area contributed by atoms with E-state index in [0.29, 0.717) is 5.69 Å². The number of nitrogens with zero attached hydrogens (tertiary/aromatic N) is 1. The number of carbonyl (C=O) groups excluding carboxylic acids is 1. The molecule has 0 spiro atoms. The molecule has 2 rings (SSSR count). The van der Waals surface area contributed by atoms with Gasteiger partial charge in [-0.05, 0) is 48.5 Å². The molecule has 0 saturated carbocycles. The molecule has 0 heterocycles. The van der Waals surface area contributed by atoms with E-state index in [1.54, 1.807) is 38.3 Å². The molecule has 7 nitrogen and oxygen atoms in total. The van der Waals surface area contributed by atoms with E-state index in [0.717, 1.165) is 16.9 Å². The van der Waals surface area contributed by atoms with Crippen molar-refractivity contribution in [3.05, 3.63) is 69.8 Å². The van der Waals surface area contributed by atoms with E-state index < -0.39 is 10.8 Å². The Morgan fingerprint density at radius 1 is 1.23 bits per heavy atom. The number of anilines is 1. The Morgan fingerprint density at radius 3 is 2.54 bits per heavy atom. The molecule has 2 N–H and O–H groups in total. The number of rotatable bonds is 5. The van der Waals surface area contributed by atoms with Crippen molar-refractivity contribution in [3.63, 3.8) is 0 Å². The van der Waals surface area contributed by atoms with Crippen LogP contribution in [0.15, 0.2) is 48.5 Å². The van der Waals surface area contributed by atoms with E-state index in [2.05, 4.69) is 10.6 Å². The zero-order valence-corrected chi connectivity index (χ0v) is 15.0. The van der Waals surface area contributed by atoms with Crippen molar-refractivity contribution >= 4 is 40.7 Å². The predicted molar refractivity (Wildman–Crippen MR) is 104 cm³/mol. The highest BCUT2D eigenvalue weighted by atomic mass is 32.1. The van der Waals surface area contributed by atoms with E-state index in [1.165, 1.54) is 18.2 Å². The molecule has 8 heteroatoms. The van der Waals surface area contributed by atoms with Gasteiger partial charge in [0, 0.05) is 23.9 Å². The van der Waals surface area contributed by atoms with Gasteiger partial charge >= 0.3 is 0 Å². The summed E-state index contributed by atoms with van der Waals surface area (Å²) in [6.45, 7) is 1.78. The molecule has 0 aromatic heterocycles.